The second-order valence-corrected chi connectivity index (χ2v) is 6.75. The third-order valence-corrected chi connectivity index (χ3v) is 4.88. The SMILES string of the molecule is CC(Cc1ccc2c(c1)CCCN2)N(CCO)Cc1ccccc1. The van der Waals surface area contributed by atoms with Gasteiger partial charge in [0.15, 0.2) is 0 Å². The van der Waals surface area contributed by atoms with Crippen LogP contribution in [0.15, 0.2) is 48.5 Å². The first-order chi connectivity index (χ1) is 11.8. The van der Waals surface area contributed by atoms with Gasteiger partial charge in [-0.1, -0.05) is 42.5 Å². The molecular weight excluding hydrogens is 296 g/mol. The van der Waals surface area contributed by atoms with Gasteiger partial charge < -0.3 is 10.4 Å². The maximum absolute atomic E-state index is 9.44. The Balaban J connectivity index is 1.67. The van der Waals surface area contributed by atoms with Gasteiger partial charge in [-0.05, 0) is 48.9 Å². The maximum Gasteiger partial charge on any atom is 0.0558 e. The van der Waals surface area contributed by atoms with Crippen LogP contribution in [0.3, 0.4) is 0 Å². The molecule has 3 heteroatoms. The van der Waals surface area contributed by atoms with Gasteiger partial charge in [-0.25, -0.2) is 0 Å². The van der Waals surface area contributed by atoms with Crippen molar-refractivity contribution in [3.8, 4) is 0 Å². The van der Waals surface area contributed by atoms with E-state index in [4.69, 9.17) is 0 Å². The number of aliphatic hydroxyl groups excluding tert-OH is 1. The molecule has 128 valence electrons. The fraction of sp³-hybridized carbons (Fsp3) is 0.429. The van der Waals surface area contributed by atoms with Crippen molar-refractivity contribution in [2.75, 3.05) is 25.0 Å². The zero-order valence-corrected chi connectivity index (χ0v) is 14.5. The molecular formula is C21H28N2O. The lowest BCUT2D eigenvalue weighted by Gasteiger charge is -2.29. The van der Waals surface area contributed by atoms with Crippen molar-refractivity contribution < 1.29 is 5.11 Å². The summed E-state index contributed by atoms with van der Waals surface area (Å²) < 4.78 is 0. The molecule has 0 spiro atoms. The zero-order valence-electron chi connectivity index (χ0n) is 14.5. The van der Waals surface area contributed by atoms with Crippen LogP contribution in [-0.4, -0.2) is 35.7 Å². The predicted octanol–water partition coefficient (Wildman–Crippen LogP) is 3.47. The topological polar surface area (TPSA) is 35.5 Å². The van der Waals surface area contributed by atoms with Crippen LogP contribution in [0.25, 0.3) is 0 Å². The van der Waals surface area contributed by atoms with E-state index in [0.29, 0.717) is 12.6 Å². The number of benzene rings is 2. The van der Waals surface area contributed by atoms with Crippen LogP contribution < -0.4 is 5.32 Å². The van der Waals surface area contributed by atoms with Gasteiger partial charge in [0.1, 0.15) is 0 Å². The molecule has 0 aliphatic carbocycles. The van der Waals surface area contributed by atoms with E-state index in [1.807, 2.05) is 6.07 Å². The molecule has 2 N–H and O–H groups in total. The van der Waals surface area contributed by atoms with E-state index in [2.05, 4.69) is 59.6 Å². The summed E-state index contributed by atoms with van der Waals surface area (Å²) in [5.41, 5.74) is 5.44. The molecule has 0 fully saturated rings. The lowest BCUT2D eigenvalue weighted by Crippen LogP contribution is -2.36. The number of fused-ring (bicyclic) bond motifs is 1. The smallest absolute Gasteiger partial charge is 0.0558 e. The summed E-state index contributed by atoms with van der Waals surface area (Å²) in [6.07, 6.45) is 3.41. The van der Waals surface area contributed by atoms with Crippen LogP contribution in [0.2, 0.25) is 0 Å². The molecule has 3 nitrogen and oxygen atoms in total. The molecule has 1 heterocycles. The molecule has 24 heavy (non-hydrogen) atoms. The van der Waals surface area contributed by atoms with Crippen molar-refractivity contribution in [1.29, 1.82) is 0 Å². The molecule has 0 radical (unpaired) electrons. The summed E-state index contributed by atoms with van der Waals surface area (Å²) >= 11 is 0. The molecule has 1 atom stereocenters. The van der Waals surface area contributed by atoms with Crippen LogP contribution in [0.5, 0.6) is 0 Å². The van der Waals surface area contributed by atoms with E-state index in [1.54, 1.807) is 0 Å². The molecule has 1 unspecified atom stereocenters. The van der Waals surface area contributed by atoms with Crippen molar-refractivity contribution in [2.24, 2.45) is 0 Å². The predicted molar refractivity (Wildman–Crippen MR) is 100 cm³/mol. The lowest BCUT2D eigenvalue weighted by atomic mass is 9.97. The van der Waals surface area contributed by atoms with Gasteiger partial charge in [0, 0.05) is 31.4 Å². The van der Waals surface area contributed by atoms with Crippen LogP contribution in [0, 0.1) is 0 Å². The summed E-state index contributed by atoms with van der Waals surface area (Å²) in [6.45, 7) is 5.14. The van der Waals surface area contributed by atoms with E-state index in [1.165, 1.54) is 35.2 Å². The summed E-state index contributed by atoms with van der Waals surface area (Å²) in [5.74, 6) is 0. The molecule has 2 aromatic carbocycles. The molecule has 3 rings (SSSR count). The first-order valence-corrected chi connectivity index (χ1v) is 9.01. The molecule has 0 saturated carbocycles. The third-order valence-electron chi connectivity index (χ3n) is 4.88. The number of aliphatic hydroxyl groups is 1. The highest BCUT2D eigenvalue weighted by atomic mass is 16.3. The number of nitrogens with zero attached hydrogens (tertiary/aromatic N) is 1. The lowest BCUT2D eigenvalue weighted by molar-refractivity contribution is 0.150. The minimum absolute atomic E-state index is 0.200. The Morgan fingerprint density at radius 2 is 1.96 bits per heavy atom. The Bertz CT molecular complexity index is 642. The van der Waals surface area contributed by atoms with E-state index < -0.39 is 0 Å². The Labute approximate surface area is 145 Å². The van der Waals surface area contributed by atoms with Crippen LogP contribution in [0.1, 0.15) is 30.0 Å². The highest BCUT2D eigenvalue weighted by Gasteiger charge is 2.16. The van der Waals surface area contributed by atoms with Crippen LogP contribution in [-0.2, 0) is 19.4 Å². The molecule has 0 amide bonds. The van der Waals surface area contributed by atoms with Crippen molar-refractivity contribution >= 4 is 5.69 Å². The highest BCUT2D eigenvalue weighted by Crippen LogP contribution is 2.24. The second kappa shape index (κ2) is 8.32. The Morgan fingerprint density at radius 1 is 1.12 bits per heavy atom. The average Bonchev–Trinajstić information content (AvgIpc) is 2.62. The van der Waals surface area contributed by atoms with Crippen molar-refractivity contribution in [2.45, 2.75) is 38.8 Å². The molecule has 2 aromatic rings. The minimum atomic E-state index is 0.200. The molecule has 1 aliphatic heterocycles. The van der Waals surface area contributed by atoms with E-state index in [-0.39, 0.29) is 6.61 Å². The summed E-state index contributed by atoms with van der Waals surface area (Å²) in [6, 6.07) is 17.7. The van der Waals surface area contributed by atoms with Crippen molar-refractivity contribution in [3.63, 3.8) is 0 Å². The largest absolute Gasteiger partial charge is 0.395 e. The Morgan fingerprint density at radius 3 is 2.75 bits per heavy atom. The van der Waals surface area contributed by atoms with Gasteiger partial charge in [-0.3, -0.25) is 4.90 Å². The van der Waals surface area contributed by atoms with Crippen molar-refractivity contribution in [3.05, 3.63) is 65.2 Å². The van der Waals surface area contributed by atoms with Gasteiger partial charge in [-0.15, -0.1) is 0 Å². The monoisotopic (exact) mass is 324 g/mol. The van der Waals surface area contributed by atoms with Gasteiger partial charge in [-0.2, -0.15) is 0 Å². The molecule has 0 aromatic heterocycles. The first-order valence-electron chi connectivity index (χ1n) is 9.01. The van der Waals surface area contributed by atoms with Crippen LogP contribution >= 0.6 is 0 Å². The number of anilines is 1. The van der Waals surface area contributed by atoms with Crippen LogP contribution in [0.4, 0.5) is 5.69 Å². The van der Waals surface area contributed by atoms with Gasteiger partial charge in [0.25, 0.3) is 0 Å². The summed E-state index contributed by atoms with van der Waals surface area (Å²) in [5, 5.41) is 12.9. The average molecular weight is 324 g/mol. The van der Waals surface area contributed by atoms with Gasteiger partial charge >= 0.3 is 0 Å². The number of nitrogens with one attached hydrogen (secondary N) is 1. The Hall–Kier alpha value is -1.84. The Kier molecular flexibility index (Phi) is 5.89. The fourth-order valence-corrected chi connectivity index (χ4v) is 3.53. The number of rotatable bonds is 7. The second-order valence-electron chi connectivity index (χ2n) is 6.75. The number of hydrogen-bond donors (Lipinski definition) is 2. The molecule has 0 saturated heterocycles. The maximum atomic E-state index is 9.44. The summed E-state index contributed by atoms with van der Waals surface area (Å²) in [7, 11) is 0. The summed E-state index contributed by atoms with van der Waals surface area (Å²) in [4.78, 5) is 2.37. The molecule has 1 aliphatic rings. The van der Waals surface area contributed by atoms with Gasteiger partial charge in [0.2, 0.25) is 0 Å². The third kappa shape index (κ3) is 4.37. The standard InChI is InChI=1S/C21H28N2O/c1-17(23(12-13-24)16-18-6-3-2-4-7-18)14-19-9-10-21-20(15-19)8-5-11-22-21/h2-4,6-7,9-10,15,17,22,24H,5,8,11-14,16H2,1H3. The van der Waals surface area contributed by atoms with Crippen molar-refractivity contribution in [1.82, 2.24) is 4.90 Å². The number of hydrogen-bond acceptors (Lipinski definition) is 3. The van der Waals surface area contributed by atoms with E-state index in [9.17, 15) is 5.11 Å². The number of aryl methyl sites for hydroxylation is 1. The normalized spacial score (nSPS) is 15.0. The fourth-order valence-electron chi connectivity index (χ4n) is 3.53. The quantitative estimate of drug-likeness (QED) is 0.818. The minimum Gasteiger partial charge on any atom is -0.395 e. The first kappa shape index (κ1) is 17.0. The molecule has 0 bridgehead atoms. The van der Waals surface area contributed by atoms with E-state index >= 15 is 0 Å². The zero-order chi connectivity index (χ0) is 16.8. The van der Waals surface area contributed by atoms with Gasteiger partial charge in [0.05, 0.1) is 6.61 Å². The van der Waals surface area contributed by atoms with E-state index in [0.717, 1.165) is 19.5 Å². The highest BCUT2D eigenvalue weighted by molar-refractivity contribution is 5.54.